The van der Waals surface area contributed by atoms with Gasteiger partial charge in [0, 0.05) is 16.4 Å². The van der Waals surface area contributed by atoms with Crippen molar-refractivity contribution in [1.82, 2.24) is 4.98 Å². The van der Waals surface area contributed by atoms with E-state index in [4.69, 9.17) is 17.3 Å². The van der Waals surface area contributed by atoms with E-state index in [0.717, 1.165) is 15.7 Å². The van der Waals surface area contributed by atoms with E-state index in [9.17, 15) is 4.79 Å². The number of aryl methyl sites for hydroxylation is 1. The average Bonchev–Trinajstić information content (AvgIpc) is 2.35. The summed E-state index contributed by atoms with van der Waals surface area (Å²) in [4.78, 5) is 16.0. The second-order valence-electron chi connectivity index (χ2n) is 4.00. The van der Waals surface area contributed by atoms with Gasteiger partial charge in [-0.2, -0.15) is 0 Å². The predicted octanol–water partition coefficient (Wildman–Crippen LogP) is 3.64. The Balaban J connectivity index is 2.28. The lowest BCUT2D eigenvalue weighted by Gasteiger charge is -2.10. The van der Waals surface area contributed by atoms with Crippen molar-refractivity contribution in [1.29, 1.82) is 0 Å². The van der Waals surface area contributed by atoms with E-state index in [1.165, 1.54) is 12.3 Å². The molecular formula is C13H11BrClN3O. The highest BCUT2D eigenvalue weighted by molar-refractivity contribution is 9.10. The van der Waals surface area contributed by atoms with E-state index < -0.39 is 0 Å². The molecule has 2 aromatic rings. The molecule has 0 radical (unpaired) electrons. The zero-order valence-corrected chi connectivity index (χ0v) is 12.4. The number of benzene rings is 1. The molecule has 6 heteroatoms. The van der Waals surface area contributed by atoms with E-state index in [1.54, 1.807) is 0 Å². The highest BCUT2D eigenvalue weighted by Gasteiger charge is 2.12. The van der Waals surface area contributed by atoms with Crippen LogP contribution in [0.3, 0.4) is 0 Å². The smallest absolute Gasteiger partial charge is 0.257 e. The Labute approximate surface area is 124 Å². The Hall–Kier alpha value is -1.59. The van der Waals surface area contributed by atoms with Crippen molar-refractivity contribution >= 4 is 44.9 Å². The van der Waals surface area contributed by atoms with Gasteiger partial charge in [-0.25, -0.2) is 4.98 Å². The Bertz CT molecular complexity index is 646. The molecule has 0 saturated heterocycles. The fourth-order valence-corrected chi connectivity index (χ4v) is 2.25. The number of nitrogens with two attached hydrogens (primary N) is 1. The largest absolute Gasteiger partial charge is 0.384 e. The first kappa shape index (κ1) is 13.8. The average molecular weight is 341 g/mol. The van der Waals surface area contributed by atoms with Crippen LogP contribution >= 0.6 is 27.5 Å². The maximum atomic E-state index is 12.1. The Morgan fingerprint density at radius 1 is 1.42 bits per heavy atom. The number of carbonyl (C=O) groups is 1. The summed E-state index contributed by atoms with van der Waals surface area (Å²) in [5.74, 6) is -0.0633. The van der Waals surface area contributed by atoms with Crippen molar-refractivity contribution in [3.05, 3.63) is 51.1 Å². The fraction of sp³-hybridized carbons (Fsp3) is 0.0769. The van der Waals surface area contributed by atoms with Crippen LogP contribution in [-0.2, 0) is 0 Å². The zero-order chi connectivity index (χ0) is 14.0. The number of nitrogen functional groups attached to an aromatic ring is 1. The zero-order valence-electron chi connectivity index (χ0n) is 10.1. The fourth-order valence-electron chi connectivity index (χ4n) is 1.59. The van der Waals surface area contributed by atoms with Crippen molar-refractivity contribution in [3.63, 3.8) is 0 Å². The molecule has 0 spiro atoms. The molecule has 1 heterocycles. The first-order valence-electron chi connectivity index (χ1n) is 5.46. The van der Waals surface area contributed by atoms with Crippen molar-refractivity contribution in [2.24, 2.45) is 0 Å². The van der Waals surface area contributed by atoms with Crippen molar-refractivity contribution in [3.8, 4) is 0 Å². The first-order valence-corrected chi connectivity index (χ1v) is 6.63. The van der Waals surface area contributed by atoms with Gasteiger partial charge >= 0.3 is 0 Å². The van der Waals surface area contributed by atoms with Gasteiger partial charge in [0.05, 0.1) is 10.6 Å². The topological polar surface area (TPSA) is 68.0 Å². The van der Waals surface area contributed by atoms with E-state index in [0.29, 0.717) is 5.56 Å². The lowest BCUT2D eigenvalue weighted by molar-refractivity contribution is 0.102. The van der Waals surface area contributed by atoms with Crippen LogP contribution in [0.4, 0.5) is 11.5 Å². The van der Waals surface area contributed by atoms with Crippen molar-refractivity contribution < 1.29 is 4.79 Å². The van der Waals surface area contributed by atoms with Crippen molar-refractivity contribution in [2.45, 2.75) is 6.92 Å². The van der Waals surface area contributed by atoms with Crippen molar-refractivity contribution in [2.75, 3.05) is 11.1 Å². The predicted molar refractivity (Wildman–Crippen MR) is 80.5 cm³/mol. The maximum absolute atomic E-state index is 12.1. The second kappa shape index (κ2) is 5.59. The quantitative estimate of drug-likeness (QED) is 0.877. The number of nitrogens with one attached hydrogen (secondary N) is 1. The number of aromatic nitrogens is 1. The van der Waals surface area contributed by atoms with Gasteiger partial charge < -0.3 is 11.1 Å². The summed E-state index contributed by atoms with van der Waals surface area (Å²) in [6.07, 6.45) is 1.36. The summed E-state index contributed by atoms with van der Waals surface area (Å²) in [6.45, 7) is 1.91. The number of pyridine rings is 1. The summed E-state index contributed by atoms with van der Waals surface area (Å²) in [5.41, 5.74) is 7.52. The van der Waals surface area contributed by atoms with Gasteiger partial charge in [-0.3, -0.25) is 4.79 Å². The SMILES string of the molecule is Cc1cc(Br)ccc1NC(=O)c1cc(N)ncc1Cl. The monoisotopic (exact) mass is 339 g/mol. The van der Waals surface area contributed by atoms with E-state index in [1.807, 2.05) is 25.1 Å². The highest BCUT2D eigenvalue weighted by atomic mass is 79.9. The number of nitrogens with zero attached hydrogens (tertiary/aromatic N) is 1. The Morgan fingerprint density at radius 2 is 2.16 bits per heavy atom. The maximum Gasteiger partial charge on any atom is 0.257 e. The standard InChI is InChI=1S/C13H11BrClN3O/c1-7-4-8(14)2-3-11(7)18-13(19)9-5-12(16)17-6-10(9)15/h2-6H,1H3,(H2,16,17)(H,18,19). The van der Waals surface area contributed by atoms with Crippen LogP contribution in [0.2, 0.25) is 5.02 Å². The number of carbonyl (C=O) groups excluding carboxylic acids is 1. The number of halogens is 2. The minimum Gasteiger partial charge on any atom is -0.384 e. The molecule has 0 aliphatic rings. The molecule has 98 valence electrons. The van der Waals surface area contributed by atoms with Gasteiger partial charge in [0.15, 0.2) is 0 Å². The van der Waals surface area contributed by atoms with Gasteiger partial charge in [-0.1, -0.05) is 27.5 Å². The van der Waals surface area contributed by atoms with E-state index in [-0.39, 0.29) is 16.7 Å². The number of hydrogen-bond donors (Lipinski definition) is 2. The van der Waals surface area contributed by atoms with Crippen LogP contribution in [0.25, 0.3) is 0 Å². The van der Waals surface area contributed by atoms with Gasteiger partial charge in [-0.15, -0.1) is 0 Å². The van der Waals surface area contributed by atoms with Gasteiger partial charge in [0.25, 0.3) is 5.91 Å². The molecule has 4 nitrogen and oxygen atoms in total. The molecule has 19 heavy (non-hydrogen) atoms. The Morgan fingerprint density at radius 3 is 2.84 bits per heavy atom. The Kier molecular flexibility index (Phi) is 4.07. The van der Waals surface area contributed by atoms with Gasteiger partial charge in [0.1, 0.15) is 5.82 Å². The number of anilines is 2. The molecular weight excluding hydrogens is 330 g/mol. The van der Waals surface area contributed by atoms with Crippen LogP contribution in [0.15, 0.2) is 34.9 Å². The minimum atomic E-state index is -0.315. The van der Waals surface area contributed by atoms with Gasteiger partial charge in [0.2, 0.25) is 0 Å². The summed E-state index contributed by atoms with van der Waals surface area (Å²) in [5, 5.41) is 3.06. The third-order valence-corrected chi connectivity index (χ3v) is 3.35. The third-order valence-electron chi connectivity index (χ3n) is 2.56. The normalized spacial score (nSPS) is 10.3. The minimum absolute atomic E-state index is 0.252. The van der Waals surface area contributed by atoms with Gasteiger partial charge in [-0.05, 0) is 36.8 Å². The molecule has 1 aromatic carbocycles. The molecule has 0 aliphatic heterocycles. The molecule has 0 atom stereocenters. The number of amides is 1. The molecule has 0 bridgehead atoms. The number of rotatable bonds is 2. The molecule has 3 N–H and O–H groups in total. The first-order chi connectivity index (χ1) is 8.97. The number of hydrogen-bond acceptors (Lipinski definition) is 3. The van der Waals surface area contributed by atoms with Crippen LogP contribution in [0, 0.1) is 6.92 Å². The van der Waals surface area contributed by atoms with Crippen LogP contribution in [0.5, 0.6) is 0 Å². The summed E-state index contributed by atoms with van der Waals surface area (Å²) in [7, 11) is 0. The molecule has 1 amide bonds. The summed E-state index contributed by atoms with van der Waals surface area (Å²) < 4.78 is 0.953. The second-order valence-corrected chi connectivity index (χ2v) is 5.33. The molecule has 0 saturated carbocycles. The van der Waals surface area contributed by atoms with E-state index in [2.05, 4.69) is 26.2 Å². The molecule has 0 fully saturated rings. The van der Waals surface area contributed by atoms with Crippen LogP contribution in [-0.4, -0.2) is 10.9 Å². The lowest BCUT2D eigenvalue weighted by Crippen LogP contribution is -2.14. The summed E-state index contributed by atoms with van der Waals surface area (Å²) >= 11 is 9.31. The van der Waals surface area contributed by atoms with Crippen LogP contribution in [0.1, 0.15) is 15.9 Å². The lowest BCUT2D eigenvalue weighted by atomic mass is 10.2. The third kappa shape index (κ3) is 3.24. The molecule has 0 unspecified atom stereocenters. The highest BCUT2D eigenvalue weighted by Crippen LogP contribution is 2.22. The van der Waals surface area contributed by atoms with Crippen LogP contribution < -0.4 is 11.1 Å². The summed E-state index contributed by atoms with van der Waals surface area (Å²) in [6, 6.07) is 7.03. The van der Waals surface area contributed by atoms with E-state index >= 15 is 0 Å². The molecule has 2 rings (SSSR count). The molecule has 1 aromatic heterocycles. The molecule has 0 aliphatic carbocycles.